The van der Waals surface area contributed by atoms with Gasteiger partial charge in [0.05, 0.1) is 11.7 Å². The van der Waals surface area contributed by atoms with Crippen LogP contribution in [-0.4, -0.2) is 32.1 Å². The topological polar surface area (TPSA) is 95.9 Å². The molecule has 7 heteroatoms. The summed E-state index contributed by atoms with van der Waals surface area (Å²) in [4.78, 5) is 12.0. The molecule has 0 amide bonds. The van der Waals surface area contributed by atoms with Crippen LogP contribution in [0.4, 0.5) is 0 Å². The van der Waals surface area contributed by atoms with Crippen molar-refractivity contribution >= 4 is 21.9 Å². The zero-order valence-corrected chi connectivity index (χ0v) is 12.3. The Morgan fingerprint density at radius 1 is 1.37 bits per heavy atom. The van der Waals surface area contributed by atoms with Crippen molar-refractivity contribution in [2.45, 2.75) is 45.6 Å². The minimum Gasteiger partial charge on any atom is -0.861 e. The van der Waals surface area contributed by atoms with Gasteiger partial charge in [-0.25, -0.2) is 8.42 Å². The molecule has 0 aromatic heterocycles. The molecular weight excluding hydrogens is 270 g/mol. The average molecular weight is 288 g/mol. The van der Waals surface area contributed by atoms with E-state index in [1.165, 1.54) is 0 Å². The number of nitrogens with zero attached hydrogens (tertiary/aromatic N) is 1. The Labute approximate surface area is 112 Å². The lowest BCUT2D eigenvalue weighted by Crippen LogP contribution is -2.44. The van der Waals surface area contributed by atoms with Crippen molar-refractivity contribution in [3.05, 3.63) is 0 Å². The monoisotopic (exact) mass is 288 g/mol. The van der Waals surface area contributed by atoms with Gasteiger partial charge in [0.1, 0.15) is 5.60 Å². The van der Waals surface area contributed by atoms with Crippen molar-refractivity contribution in [1.29, 1.82) is 0 Å². The van der Waals surface area contributed by atoms with Gasteiger partial charge >= 0.3 is 5.97 Å². The minimum absolute atomic E-state index is 0.172. The molecule has 0 aromatic rings. The summed E-state index contributed by atoms with van der Waals surface area (Å²) in [5.41, 5.74) is -2.05. The summed E-state index contributed by atoms with van der Waals surface area (Å²) < 4.78 is 30.6. The van der Waals surface area contributed by atoms with Crippen molar-refractivity contribution in [2.75, 3.05) is 6.26 Å². The van der Waals surface area contributed by atoms with Gasteiger partial charge in [0.2, 0.25) is 10.0 Å². The smallest absolute Gasteiger partial charge is 0.313 e. The standard InChI is InChI=1S/C12H19NO5S/c1-10(2)11(3)5-6-12(10,18-9(11)15)7-8(14)13-19(4,16)17/h5-7H2,1-4H3,(H,13,14)/p-1. The van der Waals surface area contributed by atoms with E-state index in [9.17, 15) is 18.3 Å². The highest BCUT2D eigenvalue weighted by Crippen LogP contribution is 2.66. The molecule has 2 fully saturated rings. The van der Waals surface area contributed by atoms with Gasteiger partial charge in [-0.1, -0.05) is 13.8 Å². The molecule has 1 saturated carbocycles. The van der Waals surface area contributed by atoms with E-state index in [-0.39, 0.29) is 12.4 Å². The van der Waals surface area contributed by atoms with Crippen LogP contribution >= 0.6 is 0 Å². The lowest BCUT2D eigenvalue weighted by Gasteiger charge is -2.38. The number of fused-ring (bicyclic) bond motifs is 2. The first kappa shape index (κ1) is 14.3. The maximum absolute atomic E-state index is 12.0. The number of hydrogen-bond donors (Lipinski definition) is 0. The molecule has 0 radical (unpaired) electrons. The predicted molar refractivity (Wildman–Crippen MR) is 66.8 cm³/mol. The molecule has 6 nitrogen and oxygen atoms in total. The second kappa shape index (κ2) is 3.71. The lowest BCUT2D eigenvalue weighted by molar-refractivity contribution is -0.224. The molecule has 108 valence electrons. The molecule has 2 aliphatic rings. The molecule has 1 aliphatic carbocycles. The molecular formula is C12H18NO5S-. The fraction of sp³-hybridized carbons (Fsp3) is 0.833. The first-order valence-corrected chi connectivity index (χ1v) is 7.98. The SMILES string of the molecule is CC12CCC(CC([O-])=NS(C)(=O)=O)(OC1=O)C2(C)C. The number of hydrogen-bond acceptors (Lipinski definition) is 5. The van der Waals surface area contributed by atoms with Crippen molar-refractivity contribution < 1.29 is 23.1 Å². The number of carbonyl (C=O) groups is 1. The zero-order valence-electron chi connectivity index (χ0n) is 11.5. The highest BCUT2D eigenvalue weighted by atomic mass is 32.2. The third-order valence-corrected chi connectivity index (χ3v) is 5.53. The van der Waals surface area contributed by atoms with Gasteiger partial charge in [0.15, 0.2) is 0 Å². The van der Waals surface area contributed by atoms with E-state index in [1.54, 1.807) is 0 Å². The number of esters is 1. The van der Waals surface area contributed by atoms with E-state index >= 15 is 0 Å². The van der Waals surface area contributed by atoms with Crippen molar-refractivity contribution in [2.24, 2.45) is 15.2 Å². The van der Waals surface area contributed by atoms with Crippen molar-refractivity contribution in [1.82, 2.24) is 0 Å². The Hall–Kier alpha value is -1.11. The van der Waals surface area contributed by atoms with Crippen LogP contribution in [0.15, 0.2) is 4.40 Å². The van der Waals surface area contributed by atoms with Gasteiger partial charge < -0.3 is 9.84 Å². The van der Waals surface area contributed by atoms with Gasteiger partial charge in [-0.2, -0.15) is 4.40 Å². The van der Waals surface area contributed by atoms with E-state index in [1.807, 2.05) is 20.8 Å². The highest BCUT2D eigenvalue weighted by Gasteiger charge is 2.72. The van der Waals surface area contributed by atoms with Crippen LogP contribution < -0.4 is 5.11 Å². The zero-order chi connectivity index (χ0) is 14.7. The molecule has 0 spiro atoms. The summed E-state index contributed by atoms with van der Waals surface area (Å²) in [6.07, 6.45) is 1.90. The van der Waals surface area contributed by atoms with Crippen LogP contribution in [0.1, 0.15) is 40.0 Å². The highest BCUT2D eigenvalue weighted by molar-refractivity contribution is 7.89. The van der Waals surface area contributed by atoms with E-state index in [4.69, 9.17) is 4.74 Å². The Kier molecular flexibility index (Phi) is 2.80. The number of sulfonamides is 1. The van der Waals surface area contributed by atoms with Crippen LogP contribution in [0.25, 0.3) is 0 Å². The van der Waals surface area contributed by atoms with Crippen LogP contribution in [0, 0.1) is 10.8 Å². The Morgan fingerprint density at radius 2 is 1.95 bits per heavy atom. The van der Waals surface area contributed by atoms with Crippen LogP contribution in [0.5, 0.6) is 0 Å². The Morgan fingerprint density at radius 3 is 2.32 bits per heavy atom. The maximum atomic E-state index is 12.0. The minimum atomic E-state index is -3.72. The fourth-order valence-electron chi connectivity index (χ4n) is 3.21. The van der Waals surface area contributed by atoms with Gasteiger partial charge in [0, 0.05) is 11.8 Å². The Balaban J connectivity index is 2.36. The summed E-state index contributed by atoms with van der Waals surface area (Å²) in [6, 6.07) is 0. The average Bonchev–Trinajstić information content (AvgIpc) is 2.44. The van der Waals surface area contributed by atoms with Gasteiger partial charge in [0.25, 0.3) is 0 Å². The number of ether oxygens (including phenoxy) is 1. The van der Waals surface area contributed by atoms with Crippen molar-refractivity contribution in [3.8, 4) is 0 Å². The lowest BCUT2D eigenvalue weighted by atomic mass is 9.65. The van der Waals surface area contributed by atoms with Gasteiger partial charge in [-0.15, -0.1) is 0 Å². The molecule has 2 atom stereocenters. The molecule has 1 saturated heterocycles. The molecule has 19 heavy (non-hydrogen) atoms. The summed E-state index contributed by atoms with van der Waals surface area (Å²) in [5, 5.41) is 11.8. The van der Waals surface area contributed by atoms with E-state index in [0.717, 1.165) is 6.26 Å². The quantitative estimate of drug-likeness (QED) is 0.420. The third-order valence-electron chi connectivity index (χ3n) is 4.99. The molecule has 1 aliphatic heterocycles. The van der Waals surface area contributed by atoms with E-state index in [2.05, 4.69) is 4.40 Å². The van der Waals surface area contributed by atoms with Crippen LogP contribution in [-0.2, 0) is 19.6 Å². The van der Waals surface area contributed by atoms with Crippen LogP contribution in [0.3, 0.4) is 0 Å². The first-order valence-electron chi connectivity index (χ1n) is 6.13. The second-order valence-electron chi connectivity index (χ2n) is 6.24. The normalized spacial score (nSPS) is 37.5. The first-order chi connectivity index (χ1) is 8.44. The van der Waals surface area contributed by atoms with E-state index in [0.29, 0.717) is 12.8 Å². The molecule has 0 aromatic carbocycles. The van der Waals surface area contributed by atoms with Gasteiger partial charge in [-0.3, -0.25) is 4.79 Å². The van der Waals surface area contributed by atoms with Gasteiger partial charge in [-0.05, 0) is 25.7 Å². The largest absolute Gasteiger partial charge is 0.861 e. The predicted octanol–water partition coefficient (Wildman–Crippen LogP) is 0.217. The number of rotatable bonds is 3. The summed E-state index contributed by atoms with van der Waals surface area (Å²) >= 11 is 0. The maximum Gasteiger partial charge on any atom is 0.313 e. The molecule has 2 bridgehead atoms. The van der Waals surface area contributed by atoms with Crippen LogP contribution in [0.2, 0.25) is 0 Å². The second-order valence-corrected chi connectivity index (χ2v) is 7.88. The fourth-order valence-corrected chi connectivity index (χ4v) is 3.65. The third kappa shape index (κ3) is 1.86. The van der Waals surface area contributed by atoms with E-state index < -0.39 is 32.4 Å². The number of carbonyl (C=O) groups excluding carboxylic acids is 1. The molecule has 0 N–H and O–H groups in total. The molecule has 1 heterocycles. The molecule has 2 rings (SSSR count). The summed E-state index contributed by atoms with van der Waals surface area (Å²) in [5.74, 6) is -1.06. The summed E-state index contributed by atoms with van der Waals surface area (Å²) in [7, 11) is -3.72. The molecule has 2 unspecified atom stereocenters. The summed E-state index contributed by atoms with van der Waals surface area (Å²) in [6.45, 7) is 5.61. The Bertz CT molecular complexity index is 565. The van der Waals surface area contributed by atoms with Crippen molar-refractivity contribution in [3.63, 3.8) is 0 Å².